The highest BCUT2D eigenvalue weighted by Gasteiger charge is 2.12. The summed E-state index contributed by atoms with van der Waals surface area (Å²) in [6.45, 7) is 1.90. The minimum Gasteiger partial charge on any atom is -0.496 e. The van der Waals surface area contributed by atoms with Gasteiger partial charge in [0.25, 0.3) is 11.8 Å². The molecule has 150 valence electrons. The van der Waals surface area contributed by atoms with Crippen LogP contribution in [0.15, 0.2) is 42.5 Å². The van der Waals surface area contributed by atoms with Crippen LogP contribution in [0.4, 0.5) is 0 Å². The van der Waals surface area contributed by atoms with Crippen molar-refractivity contribution < 1.29 is 14.3 Å². The van der Waals surface area contributed by atoms with E-state index >= 15 is 0 Å². The van der Waals surface area contributed by atoms with Crippen LogP contribution in [0.5, 0.6) is 5.75 Å². The number of para-hydroxylation sites is 1. The molecule has 0 radical (unpaired) electrons. The molecule has 28 heavy (non-hydrogen) atoms. The summed E-state index contributed by atoms with van der Waals surface area (Å²) < 4.78 is 5.31. The standard InChI is InChI=1S/C21H28N4O3/c1-25(2)15-7-13-22-20(26)17-9-6-10-18(24-17)21(27)23-14-12-16-8-4-5-11-19(16)28-3/h4-6,8-11H,7,12-15H2,1-3H3,(H,22,26)(H,23,27). The van der Waals surface area contributed by atoms with Crippen LogP contribution in [0.3, 0.4) is 0 Å². The lowest BCUT2D eigenvalue weighted by molar-refractivity contribution is 0.0944. The molecule has 7 heteroatoms. The van der Waals surface area contributed by atoms with E-state index in [-0.39, 0.29) is 23.2 Å². The number of aromatic nitrogens is 1. The molecule has 0 aliphatic carbocycles. The second-order valence-corrected chi connectivity index (χ2v) is 6.64. The number of hydrogen-bond donors (Lipinski definition) is 2. The first-order valence-electron chi connectivity index (χ1n) is 9.31. The van der Waals surface area contributed by atoms with Gasteiger partial charge in [-0.2, -0.15) is 0 Å². The molecule has 1 heterocycles. The van der Waals surface area contributed by atoms with Crippen molar-refractivity contribution in [3.8, 4) is 5.75 Å². The van der Waals surface area contributed by atoms with E-state index in [9.17, 15) is 9.59 Å². The van der Waals surface area contributed by atoms with Crippen LogP contribution in [0, 0.1) is 0 Å². The Balaban J connectivity index is 1.86. The summed E-state index contributed by atoms with van der Waals surface area (Å²) in [5.74, 6) is 0.211. The lowest BCUT2D eigenvalue weighted by atomic mass is 10.1. The van der Waals surface area contributed by atoms with Crippen molar-refractivity contribution in [2.45, 2.75) is 12.8 Å². The second-order valence-electron chi connectivity index (χ2n) is 6.64. The number of carbonyl (C=O) groups is 2. The Bertz CT molecular complexity index is 793. The zero-order valence-corrected chi connectivity index (χ0v) is 16.7. The molecule has 0 atom stereocenters. The summed E-state index contributed by atoms with van der Waals surface area (Å²) in [4.78, 5) is 30.8. The molecular weight excluding hydrogens is 356 g/mol. The van der Waals surface area contributed by atoms with Crippen molar-refractivity contribution in [3.63, 3.8) is 0 Å². The van der Waals surface area contributed by atoms with E-state index in [2.05, 4.69) is 20.5 Å². The van der Waals surface area contributed by atoms with Gasteiger partial charge in [0.15, 0.2) is 0 Å². The SMILES string of the molecule is COc1ccccc1CCNC(=O)c1cccc(C(=O)NCCCN(C)C)n1. The Labute approximate surface area is 166 Å². The van der Waals surface area contributed by atoms with E-state index in [1.165, 1.54) is 0 Å². The Morgan fingerprint density at radius 1 is 0.964 bits per heavy atom. The van der Waals surface area contributed by atoms with Gasteiger partial charge in [0, 0.05) is 13.1 Å². The number of pyridine rings is 1. The number of methoxy groups -OCH3 is 1. The lowest BCUT2D eigenvalue weighted by Crippen LogP contribution is -2.30. The average molecular weight is 384 g/mol. The smallest absolute Gasteiger partial charge is 0.269 e. The van der Waals surface area contributed by atoms with Crippen LogP contribution < -0.4 is 15.4 Å². The largest absolute Gasteiger partial charge is 0.496 e. The second kappa shape index (κ2) is 11.0. The third-order valence-electron chi connectivity index (χ3n) is 4.15. The maximum Gasteiger partial charge on any atom is 0.269 e. The highest BCUT2D eigenvalue weighted by molar-refractivity contribution is 5.96. The van der Waals surface area contributed by atoms with Gasteiger partial charge in [-0.1, -0.05) is 24.3 Å². The van der Waals surface area contributed by atoms with Gasteiger partial charge < -0.3 is 20.3 Å². The quantitative estimate of drug-likeness (QED) is 0.610. The molecule has 0 unspecified atom stereocenters. The van der Waals surface area contributed by atoms with Crippen LogP contribution in [0.1, 0.15) is 33.0 Å². The first-order chi connectivity index (χ1) is 13.5. The van der Waals surface area contributed by atoms with Gasteiger partial charge >= 0.3 is 0 Å². The molecule has 0 fully saturated rings. The molecule has 0 bridgehead atoms. The van der Waals surface area contributed by atoms with Crippen molar-refractivity contribution in [3.05, 3.63) is 59.4 Å². The van der Waals surface area contributed by atoms with Crippen LogP contribution >= 0.6 is 0 Å². The minimum absolute atomic E-state index is 0.223. The van der Waals surface area contributed by atoms with Crippen LogP contribution in [0.2, 0.25) is 0 Å². The van der Waals surface area contributed by atoms with Gasteiger partial charge in [0.05, 0.1) is 7.11 Å². The van der Waals surface area contributed by atoms with E-state index in [4.69, 9.17) is 4.74 Å². The number of amides is 2. The number of benzene rings is 1. The number of nitrogens with zero attached hydrogens (tertiary/aromatic N) is 2. The highest BCUT2D eigenvalue weighted by atomic mass is 16.5. The fourth-order valence-electron chi connectivity index (χ4n) is 2.69. The van der Waals surface area contributed by atoms with E-state index in [0.29, 0.717) is 19.5 Å². The van der Waals surface area contributed by atoms with E-state index in [0.717, 1.165) is 24.3 Å². The molecule has 0 saturated carbocycles. The van der Waals surface area contributed by atoms with Crippen molar-refractivity contribution in [2.24, 2.45) is 0 Å². The maximum absolute atomic E-state index is 12.4. The molecule has 2 rings (SSSR count). The van der Waals surface area contributed by atoms with Crippen molar-refractivity contribution in [2.75, 3.05) is 40.8 Å². The van der Waals surface area contributed by atoms with Gasteiger partial charge in [0.1, 0.15) is 17.1 Å². The summed E-state index contributed by atoms with van der Waals surface area (Å²) >= 11 is 0. The molecule has 0 aliphatic rings. The zero-order valence-electron chi connectivity index (χ0n) is 16.7. The maximum atomic E-state index is 12.4. The summed E-state index contributed by atoms with van der Waals surface area (Å²) in [6.07, 6.45) is 1.49. The number of carbonyl (C=O) groups excluding carboxylic acids is 2. The predicted octanol–water partition coefficient (Wildman–Crippen LogP) is 1.74. The number of nitrogens with one attached hydrogen (secondary N) is 2. The molecule has 2 amide bonds. The molecule has 2 N–H and O–H groups in total. The van der Waals surface area contributed by atoms with Crippen LogP contribution in [-0.2, 0) is 6.42 Å². The number of rotatable bonds is 10. The molecule has 1 aromatic heterocycles. The monoisotopic (exact) mass is 384 g/mol. The minimum atomic E-state index is -0.308. The predicted molar refractivity (Wildman–Crippen MR) is 109 cm³/mol. The first kappa shape index (κ1) is 21.4. The molecule has 0 aliphatic heterocycles. The fourth-order valence-corrected chi connectivity index (χ4v) is 2.69. The normalized spacial score (nSPS) is 10.6. The molecular formula is C21H28N4O3. The third-order valence-corrected chi connectivity index (χ3v) is 4.15. The molecule has 0 spiro atoms. The van der Waals surface area contributed by atoms with Gasteiger partial charge in [-0.25, -0.2) is 4.98 Å². The molecule has 7 nitrogen and oxygen atoms in total. The van der Waals surface area contributed by atoms with Crippen molar-refractivity contribution >= 4 is 11.8 Å². The number of ether oxygens (including phenoxy) is 1. The molecule has 2 aromatic rings. The summed E-state index contributed by atoms with van der Waals surface area (Å²) in [6, 6.07) is 12.6. The van der Waals surface area contributed by atoms with E-state index < -0.39 is 0 Å². The van der Waals surface area contributed by atoms with Crippen molar-refractivity contribution in [1.82, 2.24) is 20.5 Å². The van der Waals surface area contributed by atoms with E-state index in [1.54, 1.807) is 25.3 Å². The lowest BCUT2D eigenvalue weighted by Gasteiger charge is -2.10. The Morgan fingerprint density at radius 3 is 2.25 bits per heavy atom. The highest BCUT2D eigenvalue weighted by Crippen LogP contribution is 2.17. The number of hydrogen-bond acceptors (Lipinski definition) is 5. The van der Waals surface area contributed by atoms with Crippen LogP contribution in [-0.4, -0.2) is 62.5 Å². The van der Waals surface area contributed by atoms with Gasteiger partial charge in [-0.15, -0.1) is 0 Å². The summed E-state index contributed by atoms with van der Waals surface area (Å²) in [7, 11) is 5.59. The fraction of sp³-hybridized carbons (Fsp3) is 0.381. The van der Waals surface area contributed by atoms with Gasteiger partial charge in [-0.05, 0) is 57.2 Å². The van der Waals surface area contributed by atoms with Gasteiger partial charge in [-0.3, -0.25) is 9.59 Å². The Morgan fingerprint density at radius 2 is 1.61 bits per heavy atom. The first-order valence-corrected chi connectivity index (χ1v) is 9.31. The average Bonchev–Trinajstić information content (AvgIpc) is 2.71. The van der Waals surface area contributed by atoms with Gasteiger partial charge in [0.2, 0.25) is 0 Å². The Hall–Kier alpha value is -2.93. The summed E-state index contributed by atoms with van der Waals surface area (Å²) in [5.41, 5.74) is 1.48. The van der Waals surface area contributed by atoms with E-state index in [1.807, 2.05) is 38.4 Å². The third kappa shape index (κ3) is 6.66. The zero-order chi connectivity index (χ0) is 20.4. The Kier molecular flexibility index (Phi) is 8.42. The molecule has 1 aromatic carbocycles. The topological polar surface area (TPSA) is 83.6 Å². The summed E-state index contributed by atoms with van der Waals surface area (Å²) in [5, 5.41) is 5.66. The molecule has 0 saturated heterocycles. The van der Waals surface area contributed by atoms with Crippen molar-refractivity contribution in [1.29, 1.82) is 0 Å². The van der Waals surface area contributed by atoms with Crippen LogP contribution in [0.25, 0.3) is 0 Å².